The Morgan fingerprint density at radius 2 is 2.24 bits per heavy atom. The van der Waals surface area contributed by atoms with Gasteiger partial charge < -0.3 is 15.1 Å². The minimum absolute atomic E-state index is 0.0229. The van der Waals surface area contributed by atoms with Crippen molar-refractivity contribution in [3.05, 3.63) is 36.1 Å². The molecule has 1 aliphatic heterocycles. The molecule has 0 bridgehead atoms. The fraction of sp³-hybridized carbons (Fsp3) is 0.471. The summed E-state index contributed by atoms with van der Waals surface area (Å²) in [6, 6.07) is 8.68. The van der Waals surface area contributed by atoms with Crippen LogP contribution in [0.2, 0.25) is 0 Å². The van der Waals surface area contributed by atoms with Gasteiger partial charge in [0.2, 0.25) is 5.91 Å². The van der Waals surface area contributed by atoms with Gasteiger partial charge >= 0.3 is 0 Å². The van der Waals surface area contributed by atoms with Crippen molar-refractivity contribution in [1.29, 1.82) is 0 Å². The van der Waals surface area contributed by atoms with Crippen molar-refractivity contribution >= 4 is 16.9 Å². The highest BCUT2D eigenvalue weighted by molar-refractivity contribution is 5.78. The first-order chi connectivity index (χ1) is 10.3. The predicted molar refractivity (Wildman–Crippen MR) is 80.8 cm³/mol. The summed E-state index contributed by atoms with van der Waals surface area (Å²) in [5.41, 5.74) is 2.21. The minimum atomic E-state index is 0.0229. The van der Waals surface area contributed by atoms with E-state index in [1.165, 1.54) is 12.0 Å². The second-order valence-electron chi connectivity index (χ2n) is 6.32. The number of amides is 1. The van der Waals surface area contributed by atoms with Crippen LogP contribution in [0.25, 0.3) is 11.0 Å². The van der Waals surface area contributed by atoms with Crippen LogP contribution in [0, 0.1) is 0 Å². The molecule has 4 rings (SSSR count). The van der Waals surface area contributed by atoms with Crippen molar-refractivity contribution in [2.75, 3.05) is 0 Å². The molecule has 2 aromatic rings. The lowest BCUT2D eigenvalue weighted by Crippen LogP contribution is -2.67. The Morgan fingerprint density at radius 1 is 1.33 bits per heavy atom. The van der Waals surface area contributed by atoms with Crippen molar-refractivity contribution in [3.8, 4) is 0 Å². The SMILES string of the molecule is O=C1CCC(NCc2ccc3occc3c2)C2(CCC2)N1. The lowest BCUT2D eigenvalue weighted by atomic mass is 9.68. The van der Waals surface area contributed by atoms with Crippen LogP contribution in [0.1, 0.15) is 37.7 Å². The quantitative estimate of drug-likeness (QED) is 0.911. The highest BCUT2D eigenvalue weighted by Gasteiger charge is 2.47. The highest BCUT2D eigenvalue weighted by atomic mass is 16.3. The first kappa shape index (κ1) is 12.9. The van der Waals surface area contributed by atoms with Crippen LogP contribution in [0.4, 0.5) is 0 Å². The van der Waals surface area contributed by atoms with Gasteiger partial charge in [-0.05, 0) is 49.4 Å². The zero-order chi connectivity index (χ0) is 14.3. The summed E-state index contributed by atoms with van der Waals surface area (Å²) in [6.45, 7) is 0.837. The van der Waals surface area contributed by atoms with Crippen molar-refractivity contribution in [1.82, 2.24) is 10.6 Å². The molecule has 2 aliphatic rings. The van der Waals surface area contributed by atoms with Gasteiger partial charge in [-0.3, -0.25) is 4.79 Å². The summed E-state index contributed by atoms with van der Waals surface area (Å²) in [4.78, 5) is 11.7. The first-order valence-electron chi connectivity index (χ1n) is 7.76. The largest absolute Gasteiger partial charge is 0.464 e. The number of benzene rings is 1. The van der Waals surface area contributed by atoms with Crippen LogP contribution >= 0.6 is 0 Å². The monoisotopic (exact) mass is 284 g/mol. The van der Waals surface area contributed by atoms with Gasteiger partial charge in [-0.2, -0.15) is 0 Å². The maximum Gasteiger partial charge on any atom is 0.220 e. The number of fused-ring (bicyclic) bond motifs is 1. The number of nitrogens with one attached hydrogen (secondary N) is 2. The lowest BCUT2D eigenvalue weighted by molar-refractivity contribution is -0.128. The van der Waals surface area contributed by atoms with E-state index < -0.39 is 0 Å². The van der Waals surface area contributed by atoms with E-state index in [1.807, 2.05) is 12.1 Å². The van der Waals surface area contributed by atoms with Gasteiger partial charge in [0.05, 0.1) is 11.8 Å². The van der Waals surface area contributed by atoms with Crippen molar-refractivity contribution < 1.29 is 9.21 Å². The van der Waals surface area contributed by atoms with Crippen molar-refractivity contribution in [2.45, 2.75) is 50.2 Å². The van der Waals surface area contributed by atoms with Gasteiger partial charge in [0.15, 0.2) is 0 Å². The van der Waals surface area contributed by atoms with E-state index >= 15 is 0 Å². The fourth-order valence-corrected chi connectivity index (χ4v) is 3.67. The fourth-order valence-electron chi connectivity index (χ4n) is 3.67. The molecule has 110 valence electrons. The molecular formula is C17H20N2O2. The molecule has 1 aliphatic carbocycles. The zero-order valence-electron chi connectivity index (χ0n) is 12.0. The maximum absolute atomic E-state index is 11.7. The Balaban J connectivity index is 1.46. The van der Waals surface area contributed by atoms with Crippen LogP contribution in [-0.2, 0) is 11.3 Å². The molecule has 1 aromatic heterocycles. The predicted octanol–water partition coefficient (Wildman–Crippen LogP) is 2.72. The number of hydrogen-bond acceptors (Lipinski definition) is 3. The zero-order valence-corrected chi connectivity index (χ0v) is 12.0. The second-order valence-corrected chi connectivity index (χ2v) is 6.32. The Morgan fingerprint density at radius 3 is 3.05 bits per heavy atom. The van der Waals surface area contributed by atoms with E-state index in [2.05, 4.69) is 22.8 Å². The Hall–Kier alpha value is -1.81. The van der Waals surface area contributed by atoms with Gasteiger partial charge in [0.25, 0.3) is 0 Å². The third-order valence-corrected chi connectivity index (χ3v) is 5.03. The molecule has 2 N–H and O–H groups in total. The number of piperidine rings is 1. The lowest BCUT2D eigenvalue weighted by Gasteiger charge is -2.51. The minimum Gasteiger partial charge on any atom is -0.464 e. The van der Waals surface area contributed by atoms with E-state index in [0.29, 0.717) is 12.5 Å². The average molecular weight is 284 g/mol. The summed E-state index contributed by atoms with van der Waals surface area (Å²) in [5, 5.41) is 8.03. The maximum atomic E-state index is 11.7. The van der Waals surface area contributed by atoms with Crippen molar-refractivity contribution in [3.63, 3.8) is 0 Å². The molecule has 1 amide bonds. The van der Waals surface area contributed by atoms with Crippen LogP contribution in [0.15, 0.2) is 34.9 Å². The molecule has 2 heterocycles. The third kappa shape index (κ3) is 2.23. The Labute approximate surface area is 123 Å². The number of carbonyl (C=O) groups is 1. The highest BCUT2D eigenvalue weighted by Crippen LogP contribution is 2.39. The van der Waals surface area contributed by atoms with Gasteiger partial charge in [0, 0.05) is 24.4 Å². The van der Waals surface area contributed by atoms with E-state index in [4.69, 9.17) is 4.42 Å². The normalized spacial score (nSPS) is 24.0. The number of hydrogen-bond donors (Lipinski definition) is 2. The molecule has 1 saturated carbocycles. The summed E-state index contributed by atoms with van der Waals surface area (Å²) in [5.74, 6) is 0.215. The molecule has 1 unspecified atom stereocenters. The Bertz CT molecular complexity index is 672. The number of rotatable bonds is 3. The van der Waals surface area contributed by atoms with Gasteiger partial charge in [-0.15, -0.1) is 0 Å². The molecule has 1 saturated heterocycles. The van der Waals surface area contributed by atoms with Crippen molar-refractivity contribution in [2.24, 2.45) is 0 Å². The summed E-state index contributed by atoms with van der Waals surface area (Å²) in [6.07, 6.45) is 6.75. The number of carbonyl (C=O) groups excluding carboxylic acids is 1. The summed E-state index contributed by atoms with van der Waals surface area (Å²) < 4.78 is 5.37. The molecule has 0 radical (unpaired) electrons. The van der Waals surface area contributed by atoms with Crippen LogP contribution in [0.5, 0.6) is 0 Å². The van der Waals surface area contributed by atoms with E-state index in [1.54, 1.807) is 6.26 Å². The molecule has 1 atom stereocenters. The second kappa shape index (κ2) is 4.88. The average Bonchev–Trinajstić information content (AvgIpc) is 2.91. The number of furan rings is 1. The molecule has 1 aromatic carbocycles. The molecular weight excluding hydrogens is 264 g/mol. The molecule has 4 heteroatoms. The van der Waals surface area contributed by atoms with Crippen LogP contribution in [0.3, 0.4) is 0 Å². The Kier molecular flexibility index (Phi) is 3.00. The third-order valence-electron chi connectivity index (χ3n) is 5.03. The van der Waals surface area contributed by atoms with E-state index in [9.17, 15) is 4.79 Å². The van der Waals surface area contributed by atoms with Crippen LogP contribution in [-0.4, -0.2) is 17.5 Å². The standard InChI is InChI=1S/C17H20N2O2/c20-16-5-4-15(17(19-16)7-1-8-17)18-11-12-2-3-14-13(10-12)6-9-21-14/h2-3,6,9-10,15,18H,1,4-5,7-8,11H2,(H,19,20). The first-order valence-corrected chi connectivity index (χ1v) is 7.76. The topological polar surface area (TPSA) is 54.3 Å². The van der Waals surface area contributed by atoms with Gasteiger partial charge in [-0.1, -0.05) is 6.07 Å². The summed E-state index contributed by atoms with van der Waals surface area (Å²) >= 11 is 0. The smallest absolute Gasteiger partial charge is 0.220 e. The van der Waals surface area contributed by atoms with E-state index in [-0.39, 0.29) is 11.4 Å². The molecule has 21 heavy (non-hydrogen) atoms. The van der Waals surface area contributed by atoms with Gasteiger partial charge in [0.1, 0.15) is 5.58 Å². The molecule has 2 fully saturated rings. The van der Waals surface area contributed by atoms with Gasteiger partial charge in [-0.25, -0.2) is 0 Å². The van der Waals surface area contributed by atoms with Crippen LogP contribution < -0.4 is 10.6 Å². The molecule has 4 nitrogen and oxygen atoms in total. The summed E-state index contributed by atoms with van der Waals surface area (Å²) in [7, 11) is 0. The van der Waals surface area contributed by atoms with E-state index in [0.717, 1.165) is 36.8 Å². The molecule has 1 spiro atoms.